The van der Waals surface area contributed by atoms with Gasteiger partial charge in [0, 0.05) is 0 Å². The monoisotopic (exact) mass is 240 g/mol. The maximum Gasteiger partial charge on any atom is 0.386 e. The van der Waals surface area contributed by atoms with E-state index >= 15 is 0 Å². The number of hydrogen-bond donors (Lipinski definition) is 1. The molecule has 5 heteroatoms. The van der Waals surface area contributed by atoms with Gasteiger partial charge in [-0.15, -0.1) is 0 Å². The van der Waals surface area contributed by atoms with E-state index < -0.39 is 6.80 Å². The summed E-state index contributed by atoms with van der Waals surface area (Å²) < 4.78 is 16.5. The molecule has 0 saturated carbocycles. The largest absolute Gasteiger partial charge is 0.386 e. The van der Waals surface area contributed by atoms with E-state index in [0.29, 0.717) is 0 Å². The van der Waals surface area contributed by atoms with Gasteiger partial charge in [0.2, 0.25) is 0 Å². The van der Waals surface area contributed by atoms with E-state index in [2.05, 4.69) is 13.8 Å². The van der Waals surface area contributed by atoms with Crippen molar-refractivity contribution in [2.75, 3.05) is 6.26 Å². The molecule has 0 aromatic carbocycles. The van der Waals surface area contributed by atoms with Crippen LogP contribution >= 0.6 is 18.2 Å². The summed E-state index contributed by atoms with van der Waals surface area (Å²) in [5, 5.41) is 0. The molecule has 14 heavy (non-hydrogen) atoms. The highest BCUT2D eigenvalue weighted by Crippen LogP contribution is 2.55. The van der Waals surface area contributed by atoms with Crippen molar-refractivity contribution in [1.29, 1.82) is 0 Å². The molecule has 0 bridgehead atoms. The van der Waals surface area contributed by atoms with Gasteiger partial charge in [-0.3, -0.25) is 4.52 Å². The van der Waals surface area contributed by atoms with Crippen LogP contribution in [0.15, 0.2) is 0 Å². The second-order valence-electron chi connectivity index (χ2n) is 3.31. The van der Waals surface area contributed by atoms with Crippen LogP contribution in [0.4, 0.5) is 0 Å². The van der Waals surface area contributed by atoms with E-state index in [-0.39, 0.29) is 6.10 Å². The molecular formula is C9H21O3PS. The van der Waals surface area contributed by atoms with Gasteiger partial charge < -0.3 is 4.89 Å². The van der Waals surface area contributed by atoms with Gasteiger partial charge in [0.1, 0.15) is 0 Å². The van der Waals surface area contributed by atoms with Gasteiger partial charge in [0.25, 0.3) is 0 Å². The van der Waals surface area contributed by atoms with Crippen LogP contribution < -0.4 is 0 Å². The number of hydrogen-bond acceptors (Lipinski definition) is 3. The Morgan fingerprint density at radius 2 is 2.00 bits per heavy atom. The van der Waals surface area contributed by atoms with Gasteiger partial charge in [0.05, 0.1) is 6.10 Å². The maximum atomic E-state index is 11.3. The van der Waals surface area contributed by atoms with Crippen LogP contribution in [0.5, 0.6) is 0 Å². The molecule has 3 nitrogen and oxygen atoms in total. The number of rotatable bonds is 8. The van der Waals surface area contributed by atoms with Gasteiger partial charge in [0.15, 0.2) is 0 Å². The summed E-state index contributed by atoms with van der Waals surface area (Å²) in [6.07, 6.45) is 6.44. The SMILES string of the molecule is CCCCC(CCC)OP(=O)(O)SC. The van der Waals surface area contributed by atoms with Gasteiger partial charge in [-0.25, -0.2) is 4.57 Å². The average Bonchev–Trinajstić information content (AvgIpc) is 2.14. The van der Waals surface area contributed by atoms with E-state index in [1.807, 2.05) is 0 Å². The van der Waals surface area contributed by atoms with Crippen LogP contribution in [-0.2, 0) is 9.09 Å². The van der Waals surface area contributed by atoms with Gasteiger partial charge in [-0.2, -0.15) is 0 Å². The summed E-state index contributed by atoms with van der Waals surface area (Å²) >= 11 is 0.904. The van der Waals surface area contributed by atoms with Gasteiger partial charge >= 0.3 is 6.80 Å². The molecule has 86 valence electrons. The van der Waals surface area contributed by atoms with Crippen LogP contribution in [0.2, 0.25) is 0 Å². The molecule has 0 amide bonds. The predicted octanol–water partition coefficient (Wildman–Crippen LogP) is 3.83. The fourth-order valence-corrected chi connectivity index (χ4v) is 2.53. The molecular weight excluding hydrogens is 219 g/mol. The second-order valence-corrected chi connectivity index (χ2v) is 7.30. The third-order valence-electron chi connectivity index (χ3n) is 2.00. The molecule has 1 N–H and O–H groups in total. The highest BCUT2D eigenvalue weighted by atomic mass is 32.7. The van der Waals surface area contributed by atoms with Crippen molar-refractivity contribution in [3.8, 4) is 0 Å². The molecule has 2 unspecified atom stereocenters. The van der Waals surface area contributed by atoms with E-state index in [1.54, 1.807) is 6.26 Å². The van der Waals surface area contributed by atoms with E-state index in [0.717, 1.165) is 43.5 Å². The van der Waals surface area contributed by atoms with Crippen molar-refractivity contribution in [3.05, 3.63) is 0 Å². The Labute approximate surface area is 90.9 Å². The quantitative estimate of drug-likeness (QED) is 0.655. The second kappa shape index (κ2) is 7.75. The Balaban J connectivity index is 4.01. The fourth-order valence-electron chi connectivity index (χ4n) is 1.23. The molecule has 0 spiro atoms. The molecule has 0 radical (unpaired) electrons. The highest BCUT2D eigenvalue weighted by molar-refractivity contribution is 8.54. The number of unbranched alkanes of at least 4 members (excludes halogenated alkanes) is 1. The maximum absolute atomic E-state index is 11.3. The molecule has 0 aliphatic rings. The Bertz CT molecular complexity index is 187. The molecule has 0 aliphatic carbocycles. The van der Waals surface area contributed by atoms with Crippen molar-refractivity contribution >= 4 is 18.2 Å². The molecule has 0 heterocycles. The lowest BCUT2D eigenvalue weighted by molar-refractivity contribution is 0.162. The van der Waals surface area contributed by atoms with Crippen molar-refractivity contribution < 1.29 is 14.0 Å². The minimum atomic E-state index is -3.38. The lowest BCUT2D eigenvalue weighted by Crippen LogP contribution is -2.10. The normalized spacial score (nSPS) is 17.7. The summed E-state index contributed by atoms with van der Waals surface area (Å²) in [4.78, 5) is 9.32. The standard InChI is InChI=1S/C9H21O3PS/c1-4-6-8-9(7-5-2)12-13(10,11)14-3/h9H,4-8H2,1-3H3,(H,10,11). The van der Waals surface area contributed by atoms with Gasteiger partial charge in [-0.05, 0) is 30.5 Å². The highest BCUT2D eigenvalue weighted by Gasteiger charge is 2.22. The Morgan fingerprint density at radius 3 is 2.43 bits per heavy atom. The summed E-state index contributed by atoms with van der Waals surface area (Å²) in [5.41, 5.74) is 0. The molecule has 2 atom stereocenters. The predicted molar refractivity (Wildman–Crippen MR) is 62.6 cm³/mol. The van der Waals surface area contributed by atoms with Crippen LogP contribution in [0.3, 0.4) is 0 Å². The first-order chi connectivity index (χ1) is 6.55. The van der Waals surface area contributed by atoms with Crippen LogP contribution in [-0.4, -0.2) is 17.3 Å². The summed E-state index contributed by atoms with van der Waals surface area (Å²) in [5.74, 6) is 0. The van der Waals surface area contributed by atoms with E-state index in [9.17, 15) is 9.46 Å². The van der Waals surface area contributed by atoms with Crippen LogP contribution in [0.1, 0.15) is 46.0 Å². The van der Waals surface area contributed by atoms with Crippen LogP contribution in [0.25, 0.3) is 0 Å². The third kappa shape index (κ3) is 6.88. The zero-order valence-corrected chi connectivity index (χ0v) is 10.9. The van der Waals surface area contributed by atoms with Gasteiger partial charge in [-0.1, -0.05) is 33.1 Å². The van der Waals surface area contributed by atoms with Crippen molar-refractivity contribution in [3.63, 3.8) is 0 Å². The molecule has 0 aliphatic heterocycles. The van der Waals surface area contributed by atoms with Crippen molar-refractivity contribution in [2.45, 2.75) is 52.1 Å². The topological polar surface area (TPSA) is 46.5 Å². The first kappa shape index (κ1) is 14.5. The molecule has 0 rings (SSSR count). The van der Waals surface area contributed by atoms with E-state index in [4.69, 9.17) is 4.52 Å². The lowest BCUT2D eigenvalue weighted by atomic mass is 10.1. The van der Waals surface area contributed by atoms with Crippen LogP contribution in [0, 0.1) is 0 Å². The Hall–Kier alpha value is 0.500. The van der Waals surface area contributed by atoms with Crippen molar-refractivity contribution in [1.82, 2.24) is 0 Å². The first-order valence-corrected chi connectivity index (χ1v) is 8.53. The smallest absolute Gasteiger partial charge is 0.316 e. The zero-order chi connectivity index (χ0) is 11.0. The fraction of sp³-hybridized carbons (Fsp3) is 1.00. The Morgan fingerprint density at radius 1 is 1.36 bits per heavy atom. The first-order valence-electron chi connectivity index (χ1n) is 5.12. The molecule has 0 aromatic rings. The molecule has 0 aromatic heterocycles. The molecule has 0 saturated heterocycles. The minimum absolute atomic E-state index is 0.0526. The zero-order valence-electron chi connectivity index (χ0n) is 9.23. The summed E-state index contributed by atoms with van der Waals surface area (Å²) in [7, 11) is 0. The third-order valence-corrected chi connectivity index (χ3v) is 4.67. The van der Waals surface area contributed by atoms with E-state index in [1.165, 1.54) is 0 Å². The Kier molecular flexibility index (Phi) is 8.02. The average molecular weight is 240 g/mol. The van der Waals surface area contributed by atoms with Crippen molar-refractivity contribution in [2.24, 2.45) is 0 Å². The minimum Gasteiger partial charge on any atom is -0.316 e. The lowest BCUT2D eigenvalue weighted by Gasteiger charge is -2.19. The summed E-state index contributed by atoms with van der Waals surface area (Å²) in [6, 6.07) is 0. The molecule has 0 fully saturated rings. The summed E-state index contributed by atoms with van der Waals surface area (Å²) in [6.45, 7) is 0.784.